The zero-order chi connectivity index (χ0) is 12.0. The van der Waals surface area contributed by atoms with E-state index in [1.165, 1.54) is 0 Å². The highest BCUT2D eigenvalue weighted by Gasteiger charge is 2.28. The molecule has 0 aliphatic carbocycles. The first-order chi connectivity index (χ1) is 7.49. The Balaban J connectivity index is 2.03. The van der Waals surface area contributed by atoms with Crippen molar-refractivity contribution in [2.24, 2.45) is 7.05 Å². The summed E-state index contributed by atoms with van der Waals surface area (Å²) in [5.74, 6) is 0. The second-order valence-corrected chi connectivity index (χ2v) is 3.24. The maximum absolute atomic E-state index is 11.6. The number of ether oxygens (including phenoxy) is 1. The van der Waals surface area contributed by atoms with Gasteiger partial charge in [-0.15, -0.1) is 13.2 Å². The summed E-state index contributed by atoms with van der Waals surface area (Å²) in [6.07, 6.45) is -2.13. The molecule has 7 heteroatoms. The molecule has 0 amide bonds. The van der Waals surface area contributed by atoms with Gasteiger partial charge in [-0.25, -0.2) is 0 Å². The van der Waals surface area contributed by atoms with Gasteiger partial charge < -0.3 is 5.32 Å². The van der Waals surface area contributed by atoms with Gasteiger partial charge in [0.1, 0.15) is 0 Å². The summed E-state index contributed by atoms with van der Waals surface area (Å²) in [4.78, 5) is 0. The molecule has 0 fully saturated rings. The molecule has 1 aromatic rings. The van der Waals surface area contributed by atoms with Crippen molar-refractivity contribution >= 4 is 0 Å². The van der Waals surface area contributed by atoms with Crippen LogP contribution in [0.2, 0.25) is 0 Å². The smallest absolute Gasteiger partial charge is 0.314 e. The Morgan fingerprint density at radius 2 is 2.19 bits per heavy atom. The Labute approximate surface area is 91.4 Å². The molecule has 0 aliphatic heterocycles. The first kappa shape index (κ1) is 13.0. The van der Waals surface area contributed by atoms with E-state index in [4.69, 9.17) is 0 Å². The normalized spacial score (nSPS) is 12.0. The molecule has 1 aromatic heterocycles. The summed E-state index contributed by atoms with van der Waals surface area (Å²) >= 11 is 0. The van der Waals surface area contributed by atoms with E-state index in [1.54, 1.807) is 10.9 Å². The van der Waals surface area contributed by atoms with E-state index in [2.05, 4.69) is 15.2 Å². The average molecular weight is 237 g/mol. The van der Waals surface area contributed by atoms with Gasteiger partial charge in [0.05, 0.1) is 6.61 Å². The topological polar surface area (TPSA) is 39.1 Å². The van der Waals surface area contributed by atoms with Crippen LogP contribution in [-0.2, 0) is 18.2 Å². The lowest BCUT2D eigenvalue weighted by atomic mass is 10.3. The van der Waals surface area contributed by atoms with E-state index in [-0.39, 0.29) is 13.2 Å². The first-order valence-electron chi connectivity index (χ1n) is 4.87. The summed E-state index contributed by atoms with van der Waals surface area (Å²) in [7, 11) is 1.82. The second kappa shape index (κ2) is 5.86. The van der Waals surface area contributed by atoms with Crippen molar-refractivity contribution in [3.63, 3.8) is 0 Å². The minimum absolute atomic E-state index is 0.178. The number of hydrogen-bond acceptors (Lipinski definition) is 3. The number of nitrogens with one attached hydrogen (secondary N) is 1. The van der Waals surface area contributed by atoms with Crippen LogP contribution in [0.15, 0.2) is 12.3 Å². The molecule has 0 unspecified atom stereocenters. The molecule has 0 atom stereocenters. The lowest BCUT2D eigenvalue weighted by Gasteiger charge is -2.08. The SMILES string of the molecule is Cn1nccc1CCNCCOC(F)(F)F. The first-order valence-corrected chi connectivity index (χ1v) is 4.87. The Hall–Kier alpha value is -1.08. The van der Waals surface area contributed by atoms with Gasteiger partial charge >= 0.3 is 6.36 Å². The van der Waals surface area contributed by atoms with E-state index >= 15 is 0 Å². The lowest BCUT2D eigenvalue weighted by Crippen LogP contribution is -2.26. The van der Waals surface area contributed by atoms with Gasteiger partial charge in [0.2, 0.25) is 0 Å². The van der Waals surface area contributed by atoms with Crippen molar-refractivity contribution in [1.29, 1.82) is 0 Å². The van der Waals surface area contributed by atoms with Crippen molar-refractivity contribution in [2.45, 2.75) is 12.8 Å². The minimum atomic E-state index is -4.54. The molecule has 1 rings (SSSR count). The van der Waals surface area contributed by atoms with Crippen LogP contribution in [-0.4, -0.2) is 35.8 Å². The van der Waals surface area contributed by atoms with Gasteiger partial charge in [-0.05, 0) is 6.07 Å². The van der Waals surface area contributed by atoms with Crippen LogP contribution in [0.1, 0.15) is 5.69 Å². The minimum Gasteiger partial charge on any atom is -0.314 e. The van der Waals surface area contributed by atoms with Gasteiger partial charge in [0.25, 0.3) is 0 Å². The van der Waals surface area contributed by atoms with Crippen LogP contribution < -0.4 is 5.32 Å². The molecule has 92 valence electrons. The maximum Gasteiger partial charge on any atom is 0.522 e. The molecular formula is C9H14F3N3O. The van der Waals surface area contributed by atoms with Gasteiger partial charge in [0, 0.05) is 38.4 Å². The fourth-order valence-electron chi connectivity index (χ4n) is 1.23. The summed E-state index contributed by atoms with van der Waals surface area (Å²) < 4.78 is 40.1. The second-order valence-electron chi connectivity index (χ2n) is 3.24. The van der Waals surface area contributed by atoms with E-state index < -0.39 is 6.36 Å². The van der Waals surface area contributed by atoms with E-state index in [0.29, 0.717) is 6.54 Å². The summed E-state index contributed by atoms with van der Waals surface area (Å²) in [5, 5.41) is 6.84. The van der Waals surface area contributed by atoms with Crippen molar-refractivity contribution in [3.8, 4) is 0 Å². The Morgan fingerprint density at radius 3 is 2.75 bits per heavy atom. The molecule has 1 N–H and O–H groups in total. The predicted molar refractivity (Wildman–Crippen MR) is 51.8 cm³/mol. The number of hydrogen-bond donors (Lipinski definition) is 1. The van der Waals surface area contributed by atoms with Crippen LogP contribution in [0.25, 0.3) is 0 Å². The molecule has 4 nitrogen and oxygen atoms in total. The fourth-order valence-corrected chi connectivity index (χ4v) is 1.23. The predicted octanol–water partition coefficient (Wildman–Crippen LogP) is 1.09. The molecule has 16 heavy (non-hydrogen) atoms. The van der Waals surface area contributed by atoms with Gasteiger partial charge in [-0.2, -0.15) is 5.10 Å². The van der Waals surface area contributed by atoms with Crippen molar-refractivity contribution in [1.82, 2.24) is 15.1 Å². The number of aryl methyl sites for hydroxylation is 1. The van der Waals surface area contributed by atoms with Crippen LogP contribution >= 0.6 is 0 Å². The number of alkyl halides is 3. The molecule has 0 aromatic carbocycles. The van der Waals surface area contributed by atoms with Crippen LogP contribution in [0.3, 0.4) is 0 Å². The quantitative estimate of drug-likeness (QED) is 0.753. The molecule has 0 bridgehead atoms. The van der Waals surface area contributed by atoms with E-state index in [9.17, 15) is 13.2 Å². The van der Waals surface area contributed by atoms with Crippen LogP contribution in [0.4, 0.5) is 13.2 Å². The Kier molecular flexibility index (Phi) is 4.75. The van der Waals surface area contributed by atoms with E-state index in [0.717, 1.165) is 12.1 Å². The number of aromatic nitrogens is 2. The highest BCUT2D eigenvalue weighted by atomic mass is 19.4. The molecule has 0 radical (unpaired) electrons. The lowest BCUT2D eigenvalue weighted by molar-refractivity contribution is -0.323. The summed E-state index contributed by atoms with van der Waals surface area (Å²) in [6, 6.07) is 1.87. The van der Waals surface area contributed by atoms with Crippen molar-refractivity contribution in [3.05, 3.63) is 18.0 Å². The molecule has 0 saturated carbocycles. The van der Waals surface area contributed by atoms with Crippen molar-refractivity contribution in [2.75, 3.05) is 19.7 Å². The molecule has 0 spiro atoms. The third-order valence-electron chi connectivity index (χ3n) is 2.02. The van der Waals surface area contributed by atoms with Gasteiger partial charge in [-0.1, -0.05) is 0 Å². The third kappa shape index (κ3) is 5.13. The highest BCUT2D eigenvalue weighted by molar-refractivity contribution is 5.00. The van der Waals surface area contributed by atoms with E-state index in [1.807, 2.05) is 13.1 Å². The maximum atomic E-state index is 11.6. The van der Waals surface area contributed by atoms with Crippen molar-refractivity contribution < 1.29 is 17.9 Å². The molecular weight excluding hydrogens is 223 g/mol. The zero-order valence-corrected chi connectivity index (χ0v) is 8.92. The average Bonchev–Trinajstić information content (AvgIpc) is 2.56. The Bertz CT molecular complexity index is 311. The number of halogens is 3. The molecule has 1 heterocycles. The zero-order valence-electron chi connectivity index (χ0n) is 8.92. The Morgan fingerprint density at radius 1 is 1.44 bits per heavy atom. The summed E-state index contributed by atoms with van der Waals surface area (Å²) in [5.41, 5.74) is 1.03. The standard InChI is InChI=1S/C9H14F3N3O/c1-15-8(3-5-14-15)2-4-13-6-7-16-9(10,11)12/h3,5,13H,2,4,6-7H2,1H3. The van der Waals surface area contributed by atoms with Gasteiger partial charge in [-0.3, -0.25) is 9.42 Å². The fraction of sp³-hybridized carbons (Fsp3) is 0.667. The van der Waals surface area contributed by atoms with Crippen LogP contribution in [0.5, 0.6) is 0 Å². The van der Waals surface area contributed by atoms with Gasteiger partial charge in [0.15, 0.2) is 0 Å². The largest absolute Gasteiger partial charge is 0.522 e. The molecule has 0 saturated heterocycles. The van der Waals surface area contributed by atoms with Crippen LogP contribution in [0, 0.1) is 0 Å². The summed E-state index contributed by atoms with van der Waals surface area (Å²) in [6.45, 7) is 0.410. The number of nitrogens with zero attached hydrogens (tertiary/aromatic N) is 2. The third-order valence-corrected chi connectivity index (χ3v) is 2.02. The monoisotopic (exact) mass is 237 g/mol. The molecule has 0 aliphatic rings. The number of rotatable bonds is 6. The highest BCUT2D eigenvalue weighted by Crippen LogP contribution is 2.14.